The third-order valence-corrected chi connectivity index (χ3v) is 4.16. The summed E-state index contributed by atoms with van der Waals surface area (Å²) >= 11 is 0. The molecule has 0 saturated heterocycles. The van der Waals surface area contributed by atoms with Crippen molar-refractivity contribution >= 4 is 17.2 Å². The lowest BCUT2D eigenvalue weighted by Crippen LogP contribution is -2.34. The first kappa shape index (κ1) is 14.6. The molecule has 7 heteroatoms. The van der Waals surface area contributed by atoms with E-state index in [4.69, 9.17) is 0 Å². The van der Waals surface area contributed by atoms with E-state index in [1.54, 1.807) is 11.0 Å². The van der Waals surface area contributed by atoms with Crippen LogP contribution in [0.5, 0.6) is 0 Å². The van der Waals surface area contributed by atoms with Crippen molar-refractivity contribution < 1.29 is 0 Å². The summed E-state index contributed by atoms with van der Waals surface area (Å²) in [6.07, 6.45) is 5.05. The largest absolute Gasteiger partial charge is 0.357 e. The highest BCUT2D eigenvalue weighted by molar-refractivity contribution is 5.70. The highest BCUT2D eigenvalue weighted by Crippen LogP contribution is 2.29. The van der Waals surface area contributed by atoms with Gasteiger partial charge in [-0.05, 0) is 30.8 Å². The predicted molar refractivity (Wildman–Crippen MR) is 93.5 cm³/mol. The SMILES string of the molecule is CCN1CNc2nccc(Nc3cccc(-n4cncn4)c3)c2C1. The summed E-state index contributed by atoms with van der Waals surface area (Å²) in [5.41, 5.74) is 4.23. The minimum absolute atomic E-state index is 0.835. The molecule has 0 fully saturated rings. The lowest BCUT2D eigenvalue weighted by atomic mass is 10.1. The van der Waals surface area contributed by atoms with E-state index >= 15 is 0 Å². The Labute approximate surface area is 140 Å². The van der Waals surface area contributed by atoms with Gasteiger partial charge in [0, 0.05) is 29.7 Å². The number of benzene rings is 1. The van der Waals surface area contributed by atoms with Crippen molar-refractivity contribution in [3.63, 3.8) is 0 Å². The van der Waals surface area contributed by atoms with Gasteiger partial charge in [-0.25, -0.2) is 14.6 Å². The van der Waals surface area contributed by atoms with Crippen LogP contribution in [0.25, 0.3) is 5.69 Å². The second-order valence-electron chi connectivity index (χ2n) is 5.68. The van der Waals surface area contributed by atoms with Gasteiger partial charge in [0.15, 0.2) is 0 Å². The molecule has 0 aliphatic carbocycles. The number of nitrogens with one attached hydrogen (secondary N) is 2. The van der Waals surface area contributed by atoms with Gasteiger partial charge < -0.3 is 10.6 Å². The lowest BCUT2D eigenvalue weighted by molar-refractivity contribution is 0.291. The zero-order chi connectivity index (χ0) is 16.4. The zero-order valence-electron chi connectivity index (χ0n) is 13.5. The highest BCUT2D eigenvalue weighted by Gasteiger charge is 2.18. The molecule has 7 nitrogen and oxygen atoms in total. The van der Waals surface area contributed by atoms with Crippen LogP contribution in [0.3, 0.4) is 0 Å². The van der Waals surface area contributed by atoms with Gasteiger partial charge in [0.1, 0.15) is 18.5 Å². The summed E-state index contributed by atoms with van der Waals surface area (Å²) in [6.45, 7) is 4.89. The maximum atomic E-state index is 4.45. The van der Waals surface area contributed by atoms with Gasteiger partial charge in [-0.3, -0.25) is 4.90 Å². The van der Waals surface area contributed by atoms with Crippen molar-refractivity contribution in [1.29, 1.82) is 0 Å². The average molecular weight is 321 g/mol. The Morgan fingerprint density at radius 1 is 1.29 bits per heavy atom. The third kappa shape index (κ3) is 2.81. The molecule has 2 N–H and O–H groups in total. The summed E-state index contributed by atoms with van der Waals surface area (Å²) in [7, 11) is 0. The first-order valence-corrected chi connectivity index (χ1v) is 7.99. The zero-order valence-corrected chi connectivity index (χ0v) is 13.5. The maximum absolute atomic E-state index is 4.45. The Bertz CT molecular complexity index is 829. The first-order valence-electron chi connectivity index (χ1n) is 7.99. The third-order valence-electron chi connectivity index (χ3n) is 4.16. The Kier molecular flexibility index (Phi) is 3.84. The summed E-state index contributed by atoms with van der Waals surface area (Å²) in [4.78, 5) is 10.8. The van der Waals surface area contributed by atoms with Crippen LogP contribution in [0.15, 0.2) is 49.2 Å². The second-order valence-corrected chi connectivity index (χ2v) is 5.68. The van der Waals surface area contributed by atoms with Crippen LogP contribution in [0.2, 0.25) is 0 Å². The summed E-state index contributed by atoms with van der Waals surface area (Å²) < 4.78 is 1.74. The Balaban J connectivity index is 1.64. The van der Waals surface area contributed by atoms with Gasteiger partial charge in [-0.1, -0.05) is 13.0 Å². The Morgan fingerprint density at radius 3 is 3.08 bits per heavy atom. The average Bonchev–Trinajstić information content (AvgIpc) is 3.17. The summed E-state index contributed by atoms with van der Waals surface area (Å²) in [5, 5.41) is 11.1. The van der Waals surface area contributed by atoms with E-state index < -0.39 is 0 Å². The van der Waals surface area contributed by atoms with Crippen LogP contribution in [0, 0.1) is 0 Å². The molecule has 0 spiro atoms. The van der Waals surface area contributed by atoms with Crippen LogP contribution in [0.1, 0.15) is 12.5 Å². The Morgan fingerprint density at radius 2 is 2.25 bits per heavy atom. The van der Waals surface area contributed by atoms with Crippen molar-refractivity contribution in [2.75, 3.05) is 23.8 Å². The number of hydrogen-bond acceptors (Lipinski definition) is 6. The van der Waals surface area contributed by atoms with Gasteiger partial charge >= 0.3 is 0 Å². The number of hydrogen-bond donors (Lipinski definition) is 2. The molecule has 24 heavy (non-hydrogen) atoms. The van der Waals surface area contributed by atoms with E-state index in [1.807, 2.05) is 30.5 Å². The molecule has 3 aromatic rings. The van der Waals surface area contributed by atoms with Gasteiger partial charge in [0.25, 0.3) is 0 Å². The predicted octanol–water partition coefficient (Wildman–Crippen LogP) is 2.61. The van der Waals surface area contributed by atoms with E-state index in [2.05, 4.69) is 43.6 Å². The van der Waals surface area contributed by atoms with Crippen LogP contribution >= 0.6 is 0 Å². The molecule has 4 rings (SSSR count). The van der Waals surface area contributed by atoms with E-state index in [0.717, 1.165) is 42.6 Å². The fourth-order valence-corrected chi connectivity index (χ4v) is 2.83. The number of anilines is 3. The number of pyridine rings is 1. The fourth-order valence-electron chi connectivity index (χ4n) is 2.83. The van der Waals surface area contributed by atoms with E-state index in [1.165, 1.54) is 11.9 Å². The molecule has 0 bridgehead atoms. The minimum Gasteiger partial charge on any atom is -0.357 e. The number of aromatic nitrogens is 4. The summed E-state index contributed by atoms with van der Waals surface area (Å²) in [6, 6.07) is 10.1. The molecule has 1 aliphatic rings. The molecule has 1 aromatic carbocycles. The molecule has 0 saturated carbocycles. The number of nitrogens with zero attached hydrogens (tertiary/aromatic N) is 5. The van der Waals surface area contributed by atoms with Crippen LogP contribution in [-0.4, -0.2) is 37.9 Å². The molecule has 0 atom stereocenters. The smallest absolute Gasteiger partial charge is 0.138 e. The first-order chi connectivity index (χ1) is 11.8. The topological polar surface area (TPSA) is 70.9 Å². The molecular weight excluding hydrogens is 302 g/mol. The van der Waals surface area contributed by atoms with Crippen LogP contribution in [0.4, 0.5) is 17.2 Å². The van der Waals surface area contributed by atoms with Gasteiger partial charge in [-0.15, -0.1) is 0 Å². The van der Waals surface area contributed by atoms with E-state index in [0.29, 0.717) is 0 Å². The van der Waals surface area contributed by atoms with Crippen molar-refractivity contribution in [3.05, 3.63) is 54.7 Å². The second kappa shape index (κ2) is 6.29. The molecule has 122 valence electrons. The van der Waals surface area contributed by atoms with Crippen molar-refractivity contribution in [2.45, 2.75) is 13.5 Å². The van der Waals surface area contributed by atoms with Crippen molar-refractivity contribution in [3.8, 4) is 5.69 Å². The molecule has 3 heterocycles. The fraction of sp³-hybridized carbons (Fsp3) is 0.235. The molecule has 0 amide bonds. The van der Waals surface area contributed by atoms with E-state index in [-0.39, 0.29) is 0 Å². The van der Waals surface area contributed by atoms with Crippen molar-refractivity contribution in [1.82, 2.24) is 24.6 Å². The number of fused-ring (bicyclic) bond motifs is 1. The summed E-state index contributed by atoms with van der Waals surface area (Å²) in [5.74, 6) is 0.956. The molecule has 0 radical (unpaired) electrons. The molecule has 1 aliphatic heterocycles. The monoisotopic (exact) mass is 321 g/mol. The van der Waals surface area contributed by atoms with Gasteiger partial charge in [-0.2, -0.15) is 5.10 Å². The maximum Gasteiger partial charge on any atom is 0.138 e. The highest BCUT2D eigenvalue weighted by atomic mass is 15.3. The molecular formula is C17H19N7. The number of rotatable bonds is 4. The normalized spacial score (nSPS) is 14.0. The molecule has 2 aromatic heterocycles. The van der Waals surface area contributed by atoms with E-state index in [9.17, 15) is 0 Å². The molecule has 0 unspecified atom stereocenters. The minimum atomic E-state index is 0.835. The van der Waals surface area contributed by atoms with Crippen molar-refractivity contribution in [2.24, 2.45) is 0 Å². The van der Waals surface area contributed by atoms with Gasteiger partial charge in [0.05, 0.1) is 12.4 Å². The van der Waals surface area contributed by atoms with Gasteiger partial charge in [0.2, 0.25) is 0 Å². The van der Waals surface area contributed by atoms with Crippen LogP contribution < -0.4 is 10.6 Å². The van der Waals surface area contributed by atoms with Crippen LogP contribution in [-0.2, 0) is 6.54 Å². The standard InChI is InChI=1S/C17H19N7/c1-2-23-9-15-16(6-7-19-17(15)20-12-23)22-13-4-3-5-14(8-13)24-11-18-10-21-24/h3-8,10-11H,2,9,12H2,1H3,(H2,19,20,22). The Hall–Kier alpha value is -2.93. The quantitative estimate of drug-likeness (QED) is 0.770. The lowest BCUT2D eigenvalue weighted by Gasteiger charge is -2.29.